The quantitative estimate of drug-likeness (QED) is 0.234. The minimum atomic E-state index is -0.782. The van der Waals surface area contributed by atoms with E-state index in [-0.39, 0.29) is 29.7 Å². The van der Waals surface area contributed by atoms with Crippen molar-refractivity contribution in [1.82, 2.24) is 0 Å². The van der Waals surface area contributed by atoms with Gasteiger partial charge in [-0.3, -0.25) is 4.79 Å². The zero-order valence-corrected chi connectivity index (χ0v) is 16.3. The van der Waals surface area contributed by atoms with Crippen molar-refractivity contribution in [2.24, 2.45) is 11.8 Å². The highest BCUT2D eigenvalue weighted by molar-refractivity contribution is 6.21. The second-order valence-electron chi connectivity index (χ2n) is 7.29. The summed E-state index contributed by atoms with van der Waals surface area (Å²) in [6, 6.07) is 0. The van der Waals surface area contributed by atoms with Gasteiger partial charge in [0.2, 0.25) is 0 Å². The van der Waals surface area contributed by atoms with Crippen LogP contribution in [0.4, 0.5) is 0 Å². The number of carboxylic acids is 1. The summed E-state index contributed by atoms with van der Waals surface area (Å²) in [5.41, 5.74) is 0. The van der Waals surface area contributed by atoms with Crippen LogP contribution in [-0.4, -0.2) is 50.1 Å². The number of carbonyl (C=O) groups is 1. The summed E-state index contributed by atoms with van der Waals surface area (Å²) in [4.78, 5) is 10.5. The van der Waals surface area contributed by atoms with Crippen molar-refractivity contribution < 1.29 is 25.2 Å². The molecule has 6 atom stereocenters. The molecule has 0 aromatic heterocycles. The Bertz CT molecular complexity index is 463. The van der Waals surface area contributed by atoms with Crippen LogP contribution < -0.4 is 0 Å². The van der Waals surface area contributed by atoms with Crippen molar-refractivity contribution in [3.8, 4) is 0 Å². The van der Waals surface area contributed by atoms with Crippen molar-refractivity contribution in [3.63, 3.8) is 0 Å². The Morgan fingerprint density at radius 3 is 2.62 bits per heavy atom. The van der Waals surface area contributed by atoms with Gasteiger partial charge in [-0.1, -0.05) is 24.3 Å². The van der Waals surface area contributed by atoms with Gasteiger partial charge in [-0.25, -0.2) is 0 Å². The molecule has 1 aliphatic rings. The van der Waals surface area contributed by atoms with E-state index in [1.54, 1.807) is 13.0 Å². The summed E-state index contributed by atoms with van der Waals surface area (Å²) in [7, 11) is 0. The topological polar surface area (TPSA) is 98.0 Å². The second-order valence-corrected chi connectivity index (χ2v) is 7.85. The monoisotopic (exact) mass is 388 g/mol. The third kappa shape index (κ3) is 9.17. The minimum absolute atomic E-state index is 0.0902. The number of halogens is 1. The molecule has 0 aliphatic heterocycles. The van der Waals surface area contributed by atoms with Crippen LogP contribution in [0.25, 0.3) is 0 Å². The Hall–Kier alpha value is -0.880. The molecule has 150 valence electrons. The van der Waals surface area contributed by atoms with Gasteiger partial charge in [0.1, 0.15) is 0 Å². The van der Waals surface area contributed by atoms with E-state index in [1.165, 1.54) is 0 Å². The summed E-state index contributed by atoms with van der Waals surface area (Å²) >= 11 is 6.39. The number of rotatable bonds is 12. The Morgan fingerprint density at radius 1 is 1.23 bits per heavy atom. The van der Waals surface area contributed by atoms with Gasteiger partial charge in [0.05, 0.1) is 18.3 Å². The lowest BCUT2D eigenvalue weighted by Crippen LogP contribution is -2.19. The zero-order chi connectivity index (χ0) is 19.5. The molecule has 0 aromatic carbocycles. The molecule has 4 N–H and O–H groups in total. The summed E-state index contributed by atoms with van der Waals surface area (Å²) in [5.74, 6) is -0.772. The minimum Gasteiger partial charge on any atom is -0.481 e. The first kappa shape index (κ1) is 23.2. The molecule has 6 heteroatoms. The van der Waals surface area contributed by atoms with Crippen LogP contribution in [0.15, 0.2) is 24.3 Å². The lowest BCUT2D eigenvalue weighted by molar-refractivity contribution is -0.137. The number of unbranched alkanes of at least 4 members (excludes halogenated alkanes) is 1. The first-order valence-corrected chi connectivity index (χ1v) is 9.98. The maximum absolute atomic E-state index is 10.5. The van der Waals surface area contributed by atoms with Gasteiger partial charge in [-0.05, 0) is 57.8 Å². The van der Waals surface area contributed by atoms with Crippen LogP contribution in [0.5, 0.6) is 0 Å². The van der Waals surface area contributed by atoms with Gasteiger partial charge in [0.25, 0.3) is 0 Å². The fraction of sp³-hybridized carbons (Fsp3) is 0.750. The van der Waals surface area contributed by atoms with Crippen molar-refractivity contribution in [3.05, 3.63) is 24.3 Å². The van der Waals surface area contributed by atoms with Crippen molar-refractivity contribution >= 4 is 17.6 Å². The number of carboxylic acid groups (broad SMARTS) is 1. The molecular formula is C20H33ClO5. The molecule has 1 fully saturated rings. The van der Waals surface area contributed by atoms with E-state index in [1.807, 2.05) is 18.2 Å². The lowest BCUT2D eigenvalue weighted by Gasteiger charge is -2.19. The predicted octanol–water partition coefficient (Wildman–Crippen LogP) is 3.26. The fourth-order valence-electron chi connectivity index (χ4n) is 3.38. The molecule has 0 heterocycles. The first-order chi connectivity index (χ1) is 12.3. The molecule has 0 bridgehead atoms. The second kappa shape index (κ2) is 12.5. The fourth-order valence-corrected chi connectivity index (χ4v) is 3.84. The Morgan fingerprint density at radius 2 is 1.96 bits per heavy atom. The summed E-state index contributed by atoms with van der Waals surface area (Å²) < 4.78 is 0. The molecule has 1 rings (SSSR count). The highest BCUT2D eigenvalue weighted by Crippen LogP contribution is 2.39. The summed E-state index contributed by atoms with van der Waals surface area (Å²) in [6.07, 6.45) is 10.9. The summed E-state index contributed by atoms with van der Waals surface area (Å²) in [5, 5.41) is 38.0. The van der Waals surface area contributed by atoms with E-state index in [0.29, 0.717) is 25.7 Å². The van der Waals surface area contributed by atoms with E-state index >= 15 is 0 Å². The van der Waals surface area contributed by atoms with E-state index in [0.717, 1.165) is 19.3 Å². The number of hydrogen-bond donors (Lipinski definition) is 4. The van der Waals surface area contributed by atoms with E-state index < -0.39 is 18.2 Å². The van der Waals surface area contributed by atoms with Crippen molar-refractivity contribution in [2.75, 3.05) is 0 Å². The van der Waals surface area contributed by atoms with Gasteiger partial charge in [0.15, 0.2) is 0 Å². The molecular weight excluding hydrogens is 356 g/mol. The van der Waals surface area contributed by atoms with Crippen molar-refractivity contribution in [2.45, 2.75) is 82.0 Å². The molecule has 0 aromatic rings. The smallest absolute Gasteiger partial charge is 0.303 e. The van der Waals surface area contributed by atoms with E-state index in [4.69, 9.17) is 16.7 Å². The molecule has 1 saturated carbocycles. The SMILES string of the molecule is C[C@@H](O)CCC[C@H](O)C=C[C@H]1[C@@H](CC=CCCCC(=O)O)[C@@H](Cl)C[C@H]1O. The highest BCUT2D eigenvalue weighted by atomic mass is 35.5. The molecule has 5 nitrogen and oxygen atoms in total. The Kier molecular flexibility index (Phi) is 11.1. The maximum atomic E-state index is 10.5. The van der Waals surface area contributed by atoms with Gasteiger partial charge in [-0.15, -0.1) is 11.6 Å². The van der Waals surface area contributed by atoms with Gasteiger partial charge in [0, 0.05) is 17.7 Å². The van der Waals surface area contributed by atoms with Crippen LogP contribution in [-0.2, 0) is 4.79 Å². The van der Waals surface area contributed by atoms with Crippen LogP contribution in [0, 0.1) is 11.8 Å². The largest absolute Gasteiger partial charge is 0.481 e. The van der Waals surface area contributed by atoms with E-state index in [9.17, 15) is 20.1 Å². The molecule has 26 heavy (non-hydrogen) atoms. The predicted molar refractivity (Wildman–Crippen MR) is 103 cm³/mol. The molecule has 1 aliphatic carbocycles. The third-order valence-corrected chi connectivity index (χ3v) is 5.39. The van der Waals surface area contributed by atoms with E-state index in [2.05, 4.69) is 0 Å². The lowest BCUT2D eigenvalue weighted by atomic mass is 9.90. The Balaban J connectivity index is 2.46. The van der Waals surface area contributed by atoms with Crippen molar-refractivity contribution in [1.29, 1.82) is 0 Å². The number of aliphatic hydroxyl groups is 3. The maximum Gasteiger partial charge on any atom is 0.303 e. The zero-order valence-electron chi connectivity index (χ0n) is 15.5. The average Bonchev–Trinajstić information content (AvgIpc) is 2.81. The number of aliphatic hydroxyl groups excluding tert-OH is 3. The van der Waals surface area contributed by atoms with Crippen LogP contribution in [0.3, 0.4) is 0 Å². The number of aliphatic carboxylic acids is 1. The molecule has 0 saturated heterocycles. The molecule has 0 unspecified atom stereocenters. The standard InChI is InChI=1S/C20H33ClO5/c1-14(22)7-6-8-15(23)11-12-17-16(18(21)13-19(17)24)9-4-2-3-5-10-20(25)26/h2,4,11-12,14-19,22-24H,3,5-10,13H2,1H3,(H,25,26)/t14-,15+,16-,17+,18+,19-/m1/s1. The number of alkyl halides is 1. The van der Waals surface area contributed by atoms with Crippen LogP contribution >= 0.6 is 11.6 Å². The number of allylic oxidation sites excluding steroid dienone is 2. The van der Waals surface area contributed by atoms with Crippen LogP contribution in [0.2, 0.25) is 0 Å². The highest BCUT2D eigenvalue weighted by Gasteiger charge is 2.39. The summed E-state index contributed by atoms with van der Waals surface area (Å²) in [6.45, 7) is 1.73. The molecule has 0 spiro atoms. The number of hydrogen-bond acceptors (Lipinski definition) is 4. The molecule has 0 radical (unpaired) electrons. The van der Waals surface area contributed by atoms with Gasteiger partial charge < -0.3 is 20.4 Å². The Labute approximate surface area is 161 Å². The normalized spacial score (nSPS) is 28.8. The third-order valence-electron chi connectivity index (χ3n) is 4.88. The van der Waals surface area contributed by atoms with Gasteiger partial charge >= 0.3 is 5.97 Å². The van der Waals surface area contributed by atoms with Crippen LogP contribution in [0.1, 0.15) is 58.3 Å². The molecule has 0 amide bonds. The first-order valence-electron chi connectivity index (χ1n) is 9.54. The average molecular weight is 389 g/mol. The van der Waals surface area contributed by atoms with Gasteiger partial charge in [-0.2, -0.15) is 0 Å².